The van der Waals surface area contributed by atoms with Gasteiger partial charge in [-0.1, -0.05) is 36.2 Å². The Bertz CT molecular complexity index is 245. The van der Waals surface area contributed by atoms with Crippen LogP contribution in [0.3, 0.4) is 0 Å². The molecule has 65 valence electrons. The maximum atomic E-state index is 11.4. The summed E-state index contributed by atoms with van der Waals surface area (Å²) in [5, 5.41) is 11.4. The van der Waals surface area contributed by atoms with Crippen molar-refractivity contribution in [3.8, 4) is 0 Å². The van der Waals surface area contributed by atoms with E-state index in [4.69, 9.17) is 0 Å². The molecule has 0 aliphatic carbocycles. The summed E-state index contributed by atoms with van der Waals surface area (Å²) >= 11 is 0. The minimum absolute atomic E-state index is 0.552. The lowest BCUT2D eigenvalue weighted by atomic mass is 10.0. The van der Waals surface area contributed by atoms with Crippen LogP contribution in [0.1, 0.15) is 36.1 Å². The van der Waals surface area contributed by atoms with Crippen LogP contribution in [0.25, 0.3) is 0 Å². The molecular weight excluding hydrogens is 148 g/mol. The van der Waals surface area contributed by atoms with Crippen molar-refractivity contribution in [1.29, 1.82) is 0 Å². The first kappa shape index (κ1) is 9.27. The van der Waals surface area contributed by atoms with E-state index in [1.54, 1.807) is 0 Å². The van der Waals surface area contributed by atoms with Gasteiger partial charge >= 0.3 is 0 Å². The summed E-state index contributed by atoms with van der Waals surface area (Å²) in [6.45, 7) is 5.98. The fraction of sp³-hybridized carbons (Fsp3) is 0.455. The van der Waals surface area contributed by atoms with Crippen LogP contribution in [0, 0.1) is 13.8 Å². The first-order valence-electron chi connectivity index (χ1n) is 4.37. The van der Waals surface area contributed by atoms with Gasteiger partial charge in [0.15, 0.2) is 0 Å². The average Bonchev–Trinajstić information content (AvgIpc) is 2.01. The lowest BCUT2D eigenvalue weighted by Gasteiger charge is -2.07. The van der Waals surface area contributed by atoms with Gasteiger partial charge in [-0.15, -0.1) is 0 Å². The molecule has 0 saturated carbocycles. The molecular formula is C11H15O. The van der Waals surface area contributed by atoms with E-state index in [1.807, 2.05) is 32.9 Å². The highest BCUT2D eigenvalue weighted by Gasteiger charge is 2.06. The molecule has 1 atom stereocenters. The van der Waals surface area contributed by atoms with Crippen LogP contribution in [0.4, 0.5) is 0 Å². The second-order valence-corrected chi connectivity index (χ2v) is 3.32. The van der Waals surface area contributed by atoms with E-state index < -0.39 is 6.10 Å². The molecule has 1 rings (SSSR count). The fourth-order valence-electron chi connectivity index (χ4n) is 1.43. The molecule has 1 heteroatoms. The van der Waals surface area contributed by atoms with Gasteiger partial charge in [0.05, 0.1) is 0 Å². The van der Waals surface area contributed by atoms with E-state index >= 15 is 0 Å². The van der Waals surface area contributed by atoms with E-state index in [2.05, 4.69) is 6.07 Å². The summed E-state index contributed by atoms with van der Waals surface area (Å²) in [5.41, 5.74) is 3.29. The summed E-state index contributed by atoms with van der Waals surface area (Å²) in [6.07, 6.45) is 0.117. The third kappa shape index (κ3) is 2.08. The molecule has 0 bridgehead atoms. The first-order valence-corrected chi connectivity index (χ1v) is 4.37. The van der Waals surface area contributed by atoms with Crippen molar-refractivity contribution in [2.24, 2.45) is 0 Å². The van der Waals surface area contributed by atoms with Crippen molar-refractivity contribution >= 4 is 0 Å². The molecule has 0 aliphatic heterocycles. The second kappa shape index (κ2) is 3.72. The van der Waals surface area contributed by atoms with E-state index in [1.165, 1.54) is 11.1 Å². The lowest BCUT2D eigenvalue weighted by Crippen LogP contribution is -1.94. The Labute approximate surface area is 74.1 Å². The van der Waals surface area contributed by atoms with Gasteiger partial charge in [0.25, 0.3) is 0 Å². The Kier molecular flexibility index (Phi) is 2.88. The van der Waals surface area contributed by atoms with Gasteiger partial charge in [-0.2, -0.15) is 0 Å². The zero-order valence-corrected chi connectivity index (χ0v) is 7.92. The monoisotopic (exact) mass is 163 g/mol. The SMILES string of the molecule is CCC([O])c1cc(C)cc(C)c1. The summed E-state index contributed by atoms with van der Waals surface area (Å²) in [4.78, 5) is 0. The maximum Gasteiger partial charge on any atom is 0.118 e. The van der Waals surface area contributed by atoms with Gasteiger partial charge < -0.3 is 0 Å². The van der Waals surface area contributed by atoms with Crippen molar-refractivity contribution in [3.05, 3.63) is 34.9 Å². The molecule has 0 amide bonds. The molecule has 0 fully saturated rings. The number of rotatable bonds is 2. The van der Waals surface area contributed by atoms with E-state index in [0.717, 1.165) is 5.56 Å². The van der Waals surface area contributed by atoms with E-state index in [0.29, 0.717) is 6.42 Å². The van der Waals surface area contributed by atoms with Gasteiger partial charge in [-0.05, 0) is 25.8 Å². The van der Waals surface area contributed by atoms with Gasteiger partial charge in [0, 0.05) is 0 Å². The number of hydrogen-bond donors (Lipinski definition) is 0. The third-order valence-corrected chi connectivity index (χ3v) is 1.99. The Morgan fingerprint density at radius 2 is 1.67 bits per heavy atom. The highest BCUT2D eigenvalue weighted by Crippen LogP contribution is 2.19. The molecule has 1 aromatic rings. The fourth-order valence-corrected chi connectivity index (χ4v) is 1.43. The normalized spacial score (nSPS) is 13.0. The number of benzene rings is 1. The summed E-state index contributed by atoms with van der Waals surface area (Å²) in [7, 11) is 0. The summed E-state index contributed by atoms with van der Waals surface area (Å²) in [6, 6.07) is 6.05. The Hall–Kier alpha value is -0.820. The Morgan fingerprint density at radius 1 is 1.17 bits per heavy atom. The van der Waals surface area contributed by atoms with Crippen LogP contribution in [0.2, 0.25) is 0 Å². The first-order chi connectivity index (χ1) is 5.63. The van der Waals surface area contributed by atoms with Crippen LogP contribution in [0.15, 0.2) is 18.2 Å². The van der Waals surface area contributed by atoms with Gasteiger partial charge in [-0.3, -0.25) is 0 Å². The van der Waals surface area contributed by atoms with Crippen LogP contribution in [0.5, 0.6) is 0 Å². The standard InChI is InChI=1S/C11H15O/c1-4-11(12)10-6-8(2)5-9(3)7-10/h5-7,11H,4H2,1-3H3. The van der Waals surface area contributed by atoms with Gasteiger partial charge in [0.2, 0.25) is 0 Å². The van der Waals surface area contributed by atoms with Crippen molar-refractivity contribution < 1.29 is 5.11 Å². The van der Waals surface area contributed by atoms with Crippen molar-refractivity contribution in [2.45, 2.75) is 33.3 Å². The van der Waals surface area contributed by atoms with E-state index in [9.17, 15) is 5.11 Å². The molecule has 0 spiro atoms. The quantitative estimate of drug-likeness (QED) is 0.638. The van der Waals surface area contributed by atoms with Crippen molar-refractivity contribution in [2.75, 3.05) is 0 Å². The largest absolute Gasteiger partial charge is 0.228 e. The molecule has 0 aliphatic rings. The summed E-state index contributed by atoms with van der Waals surface area (Å²) in [5.74, 6) is 0. The Morgan fingerprint density at radius 3 is 2.08 bits per heavy atom. The average molecular weight is 163 g/mol. The van der Waals surface area contributed by atoms with E-state index in [-0.39, 0.29) is 0 Å². The number of aryl methyl sites for hydroxylation is 2. The molecule has 0 aromatic heterocycles. The molecule has 1 unspecified atom stereocenters. The van der Waals surface area contributed by atoms with Crippen molar-refractivity contribution in [1.82, 2.24) is 0 Å². The molecule has 1 radical (unpaired) electrons. The highest BCUT2D eigenvalue weighted by molar-refractivity contribution is 5.29. The molecule has 12 heavy (non-hydrogen) atoms. The number of hydrogen-bond acceptors (Lipinski definition) is 0. The predicted molar refractivity (Wildman–Crippen MR) is 49.6 cm³/mol. The topological polar surface area (TPSA) is 19.9 Å². The zero-order valence-electron chi connectivity index (χ0n) is 7.92. The molecule has 1 aromatic carbocycles. The zero-order chi connectivity index (χ0) is 9.14. The van der Waals surface area contributed by atoms with Crippen LogP contribution >= 0.6 is 0 Å². The molecule has 1 nitrogen and oxygen atoms in total. The smallest absolute Gasteiger partial charge is 0.118 e. The van der Waals surface area contributed by atoms with Crippen LogP contribution in [-0.2, 0) is 5.11 Å². The summed E-state index contributed by atoms with van der Waals surface area (Å²) < 4.78 is 0. The predicted octanol–water partition coefficient (Wildman–Crippen LogP) is 3.19. The van der Waals surface area contributed by atoms with Gasteiger partial charge in [0.1, 0.15) is 6.10 Å². The Balaban J connectivity index is 3.00. The molecule has 0 saturated heterocycles. The van der Waals surface area contributed by atoms with Gasteiger partial charge in [-0.25, -0.2) is 5.11 Å². The highest BCUT2D eigenvalue weighted by atomic mass is 16.3. The lowest BCUT2D eigenvalue weighted by molar-refractivity contribution is 0.0856. The molecule has 0 heterocycles. The second-order valence-electron chi connectivity index (χ2n) is 3.32. The molecule has 0 N–H and O–H groups in total. The minimum Gasteiger partial charge on any atom is -0.228 e. The third-order valence-electron chi connectivity index (χ3n) is 1.99. The van der Waals surface area contributed by atoms with Crippen LogP contribution < -0.4 is 0 Å². The van der Waals surface area contributed by atoms with Crippen molar-refractivity contribution in [3.63, 3.8) is 0 Å². The minimum atomic E-state index is -0.552. The van der Waals surface area contributed by atoms with Crippen LogP contribution in [-0.4, -0.2) is 0 Å². The maximum absolute atomic E-state index is 11.4.